The third-order valence-electron chi connectivity index (χ3n) is 4.77. The van der Waals surface area contributed by atoms with Crippen molar-refractivity contribution in [2.24, 2.45) is 0 Å². The van der Waals surface area contributed by atoms with Gasteiger partial charge in [-0.05, 0) is 29.6 Å². The number of halogens is 2. The van der Waals surface area contributed by atoms with Crippen molar-refractivity contribution in [2.75, 3.05) is 26.2 Å². The highest BCUT2D eigenvalue weighted by Gasteiger charge is 2.28. The fourth-order valence-electron chi connectivity index (χ4n) is 3.28. The average molecular weight is 432 g/mol. The molecular weight excluding hydrogens is 414 g/mol. The van der Waals surface area contributed by atoms with E-state index in [1.807, 2.05) is 17.5 Å². The molecule has 7 nitrogen and oxygen atoms in total. The molecule has 1 aromatic carbocycles. The van der Waals surface area contributed by atoms with Crippen LogP contribution in [0.25, 0.3) is 10.6 Å². The molecule has 4 rings (SSSR count). The molecule has 1 saturated heterocycles. The summed E-state index contributed by atoms with van der Waals surface area (Å²) in [7, 11) is 0. The third-order valence-corrected chi connectivity index (χ3v) is 5.67. The molecule has 30 heavy (non-hydrogen) atoms. The first-order valence-electron chi connectivity index (χ1n) is 9.24. The van der Waals surface area contributed by atoms with Crippen LogP contribution in [0.5, 0.6) is 5.75 Å². The van der Waals surface area contributed by atoms with Gasteiger partial charge in [0.1, 0.15) is 5.75 Å². The number of amides is 2. The molecule has 156 valence electrons. The summed E-state index contributed by atoms with van der Waals surface area (Å²) in [4.78, 5) is 29.6. The number of hydrogen-bond donors (Lipinski definition) is 1. The first-order valence-corrected chi connectivity index (χ1v) is 10.1. The Kier molecular flexibility index (Phi) is 5.75. The standard InChI is InChI=1S/C20H18F2N4O3S/c21-20(22)29-16-5-2-1-4-13(16)18(27)25-7-9-26(10-8-25)19(28)15-12-14(23-24-15)17-6-3-11-30-17/h1-6,11-12,20H,7-10H2,(H,23,24). The van der Waals surface area contributed by atoms with Crippen molar-refractivity contribution in [3.05, 3.63) is 59.1 Å². The van der Waals surface area contributed by atoms with Gasteiger partial charge in [0.2, 0.25) is 0 Å². The zero-order valence-corrected chi connectivity index (χ0v) is 16.6. The topological polar surface area (TPSA) is 78.5 Å². The number of aromatic nitrogens is 2. The van der Waals surface area contributed by atoms with Gasteiger partial charge in [-0.1, -0.05) is 18.2 Å². The molecule has 3 aromatic rings. The number of rotatable bonds is 5. The van der Waals surface area contributed by atoms with Crippen molar-refractivity contribution in [1.29, 1.82) is 0 Å². The van der Waals surface area contributed by atoms with Crippen LogP contribution in [0.3, 0.4) is 0 Å². The van der Waals surface area contributed by atoms with Crippen LogP contribution in [0.2, 0.25) is 0 Å². The highest BCUT2D eigenvalue weighted by molar-refractivity contribution is 7.13. The van der Waals surface area contributed by atoms with Gasteiger partial charge in [-0.15, -0.1) is 11.3 Å². The van der Waals surface area contributed by atoms with Crippen LogP contribution in [0.15, 0.2) is 47.8 Å². The second-order valence-corrected chi connectivity index (χ2v) is 7.55. The van der Waals surface area contributed by atoms with E-state index in [1.54, 1.807) is 28.4 Å². The number of nitrogens with one attached hydrogen (secondary N) is 1. The molecule has 0 bridgehead atoms. The Balaban J connectivity index is 1.39. The molecule has 10 heteroatoms. The predicted octanol–water partition coefficient (Wildman–Crippen LogP) is 3.34. The van der Waals surface area contributed by atoms with E-state index >= 15 is 0 Å². The average Bonchev–Trinajstić information content (AvgIpc) is 3.45. The minimum absolute atomic E-state index is 0.0745. The van der Waals surface area contributed by atoms with Gasteiger partial charge in [-0.3, -0.25) is 14.7 Å². The van der Waals surface area contributed by atoms with Crippen molar-refractivity contribution >= 4 is 23.2 Å². The molecule has 0 spiro atoms. The second-order valence-electron chi connectivity index (χ2n) is 6.60. The summed E-state index contributed by atoms with van der Waals surface area (Å²) < 4.78 is 29.7. The number of thiophene rings is 1. The summed E-state index contributed by atoms with van der Waals surface area (Å²) in [5, 5.41) is 8.93. The quantitative estimate of drug-likeness (QED) is 0.671. The molecule has 1 N–H and O–H groups in total. The van der Waals surface area contributed by atoms with Gasteiger partial charge in [0.05, 0.1) is 16.1 Å². The number of aromatic amines is 1. The van der Waals surface area contributed by atoms with Gasteiger partial charge in [-0.2, -0.15) is 13.9 Å². The number of piperazine rings is 1. The van der Waals surface area contributed by atoms with E-state index < -0.39 is 12.5 Å². The van der Waals surface area contributed by atoms with Crippen molar-refractivity contribution in [3.63, 3.8) is 0 Å². The highest BCUT2D eigenvalue weighted by atomic mass is 32.1. The van der Waals surface area contributed by atoms with Crippen molar-refractivity contribution < 1.29 is 23.1 Å². The molecule has 0 radical (unpaired) electrons. The van der Waals surface area contributed by atoms with Crippen LogP contribution in [0.4, 0.5) is 8.78 Å². The highest BCUT2D eigenvalue weighted by Crippen LogP contribution is 2.24. The summed E-state index contributed by atoms with van der Waals surface area (Å²) in [6.45, 7) is -1.79. The number of H-pyrrole nitrogens is 1. The van der Waals surface area contributed by atoms with Gasteiger partial charge in [0.25, 0.3) is 11.8 Å². The van der Waals surface area contributed by atoms with E-state index in [0.717, 1.165) is 10.6 Å². The largest absolute Gasteiger partial charge is 0.434 e. The number of hydrogen-bond acceptors (Lipinski definition) is 5. The van der Waals surface area contributed by atoms with Crippen LogP contribution < -0.4 is 4.74 Å². The van der Waals surface area contributed by atoms with E-state index in [2.05, 4.69) is 14.9 Å². The molecule has 0 atom stereocenters. The Bertz CT molecular complexity index is 1030. The van der Waals surface area contributed by atoms with Crippen molar-refractivity contribution in [2.45, 2.75) is 6.61 Å². The number of benzene rings is 1. The lowest BCUT2D eigenvalue weighted by molar-refractivity contribution is -0.0503. The number of carbonyl (C=O) groups excluding carboxylic acids is 2. The zero-order valence-electron chi connectivity index (χ0n) is 15.8. The fourth-order valence-corrected chi connectivity index (χ4v) is 3.97. The lowest BCUT2D eigenvalue weighted by Gasteiger charge is -2.34. The smallest absolute Gasteiger partial charge is 0.387 e. The van der Waals surface area contributed by atoms with Crippen LogP contribution in [0.1, 0.15) is 20.8 Å². The predicted molar refractivity (Wildman–Crippen MR) is 107 cm³/mol. The third kappa shape index (κ3) is 4.18. The SMILES string of the molecule is O=C(c1cc(-c2cccs2)[nH]n1)N1CCN(C(=O)c2ccccc2OC(F)F)CC1. The van der Waals surface area contributed by atoms with E-state index in [1.165, 1.54) is 23.1 Å². The van der Waals surface area contributed by atoms with Gasteiger partial charge in [0, 0.05) is 26.2 Å². The first kappa shape index (κ1) is 20.0. The maximum atomic E-state index is 12.8. The number of para-hydroxylation sites is 1. The molecule has 1 aliphatic heterocycles. The number of nitrogens with zero attached hydrogens (tertiary/aromatic N) is 3. The molecular formula is C20H18F2N4O3S. The van der Waals surface area contributed by atoms with Crippen molar-refractivity contribution in [3.8, 4) is 16.3 Å². The van der Waals surface area contributed by atoms with Gasteiger partial charge in [-0.25, -0.2) is 0 Å². The van der Waals surface area contributed by atoms with E-state index in [-0.39, 0.29) is 30.3 Å². The summed E-state index contributed by atoms with van der Waals surface area (Å²) in [6, 6.07) is 11.5. The van der Waals surface area contributed by atoms with Gasteiger partial charge in [0.15, 0.2) is 5.69 Å². The maximum Gasteiger partial charge on any atom is 0.387 e. The summed E-state index contributed by atoms with van der Waals surface area (Å²) in [5.74, 6) is -0.783. The Morgan fingerprint density at radius 1 is 1.03 bits per heavy atom. The summed E-state index contributed by atoms with van der Waals surface area (Å²) >= 11 is 1.55. The number of alkyl halides is 2. The Hall–Kier alpha value is -3.27. The second kappa shape index (κ2) is 8.62. The summed E-state index contributed by atoms with van der Waals surface area (Å²) in [5.41, 5.74) is 1.16. The fraction of sp³-hybridized carbons (Fsp3) is 0.250. The molecule has 0 aliphatic carbocycles. The summed E-state index contributed by atoms with van der Waals surface area (Å²) in [6.07, 6.45) is 0. The first-order chi connectivity index (χ1) is 14.5. The Morgan fingerprint density at radius 3 is 2.40 bits per heavy atom. The molecule has 0 unspecified atom stereocenters. The molecule has 0 saturated carbocycles. The van der Waals surface area contributed by atoms with Crippen LogP contribution >= 0.6 is 11.3 Å². The maximum absolute atomic E-state index is 12.8. The molecule has 1 aliphatic rings. The molecule has 2 aromatic heterocycles. The van der Waals surface area contributed by atoms with E-state index in [0.29, 0.717) is 18.8 Å². The lowest BCUT2D eigenvalue weighted by atomic mass is 10.1. The molecule has 1 fully saturated rings. The normalized spacial score (nSPS) is 14.2. The monoisotopic (exact) mass is 432 g/mol. The molecule has 2 amide bonds. The zero-order chi connectivity index (χ0) is 21.1. The minimum atomic E-state index is -3.01. The van der Waals surface area contributed by atoms with Gasteiger partial charge < -0.3 is 14.5 Å². The van der Waals surface area contributed by atoms with Crippen LogP contribution in [-0.4, -0.2) is 64.6 Å². The van der Waals surface area contributed by atoms with E-state index in [4.69, 9.17) is 0 Å². The minimum Gasteiger partial charge on any atom is -0.434 e. The molecule has 3 heterocycles. The number of ether oxygens (including phenoxy) is 1. The van der Waals surface area contributed by atoms with E-state index in [9.17, 15) is 18.4 Å². The lowest BCUT2D eigenvalue weighted by Crippen LogP contribution is -2.50. The Labute approximate surface area is 174 Å². The van der Waals surface area contributed by atoms with Crippen LogP contribution in [0, 0.1) is 0 Å². The van der Waals surface area contributed by atoms with Crippen LogP contribution in [-0.2, 0) is 0 Å². The van der Waals surface area contributed by atoms with Crippen molar-refractivity contribution in [1.82, 2.24) is 20.0 Å². The number of carbonyl (C=O) groups is 2. The Morgan fingerprint density at radius 2 is 1.73 bits per heavy atom. The van der Waals surface area contributed by atoms with Gasteiger partial charge >= 0.3 is 6.61 Å².